The van der Waals surface area contributed by atoms with E-state index in [1.165, 1.54) is 11.8 Å². The molecule has 20 heavy (non-hydrogen) atoms. The minimum Gasteiger partial charge on any atom is -0.469 e. The Labute approximate surface area is 120 Å². The number of hydrogen-bond donors (Lipinski definition) is 0. The standard InChI is InChI=1S/C13H16N2O4S/c1-3-4-6-18-11(16)8-20-13-15-14-12(19-13)10-5-7-17-9(10)2/h5,7H,3-4,6,8H2,1-2H3. The van der Waals surface area contributed by atoms with Gasteiger partial charge >= 0.3 is 5.97 Å². The van der Waals surface area contributed by atoms with Crippen LogP contribution >= 0.6 is 11.8 Å². The van der Waals surface area contributed by atoms with Crippen LogP contribution in [0.5, 0.6) is 0 Å². The van der Waals surface area contributed by atoms with Crippen LogP contribution in [-0.4, -0.2) is 28.5 Å². The average molecular weight is 296 g/mol. The van der Waals surface area contributed by atoms with E-state index in [1.807, 2.05) is 13.8 Å². The van der Waals surface area contributed by atoms with Gasteiger partial charge in [0.05, 0.1) is 18.4 Å². The highest BCUT2D eigenvalue weighted by Gasteiger charge is 2.14. The van der Waals surface area contributed by atoms with Crippen LogP contribution in [0.1, 0.15) is 25.5 Å². The molecule has 0 bridgehead atoms. The van der Waals surface area contributed by atoms with Crippen molar-refractivity contribution in [3.63, 3.8) is 0 Å². The molecule has 2 heterocycles. The number of hydrogen-bond acceptors (Lipinski definition) is 7. The average Bonchev–Trinajstić information content (AvgIpc) is 3.05. The normalized spacial score (nSPS) is 10.7. The van der Waals surface area contributed by atoms with Gasteiger partial charge in [-0.3, -0.25) is 4.79 Å². The second kappa shape index (κ2) is 7.14. The van der Waals surface area contributed by atoms with E-state index >= 15 is 0 Å². The molecule has 2 rings (SSSR count). The van der Waals surface area contributed by atoms with Gasteiger partial charge in [0.2, 0.25) is 0 Å². The van der Waals surface area contributed by atoms with Crippen LogP contribution in [0.25, 0.3) is 11.5 Å². The monoisotopic (exact) mass is 296 g/mol. The Kier molecular flexibility index (Phi) is 5.23. The Balaban J connectivity index is 1.84. The van der Waals surface area contributed by atoms with Crippen molar-refractivity contribution in [2.75, 3.05) is 12.4 Å². The highest BCUT2D eigenvalue weighted by Crippen LogP contribution is 2.26. The van der Waals surface area contributed by atoms with E-state index in [0.29, 0.717) is 23.5 Å². The fourth-order valence-electron chi connectivity index (χ4n) is 1.48. The van der Waals surface area contributed by atoms with Crippen LogP contribution in [-0.2, 0) is 9.53 Å². The van der Waals surface area contributed by atoms with Crippen molar-refractivity contribution in [2.24, 2.45) is 0 Å². The Morgan fingerprint density at radius 3 is 3.00 bits per heavy atom. The third kappa shape index (κ3) is 3.86. The lowest BCUT2D eigenvalue weighted by molar-refractivity contribution is -0.140. The molecule has 0 unspecified atom stereocenters. The van der Waals surface area contributed by atoms with Crippen LogP contribution < -0.4 is 0 Å². The molecule has 0 saturated carbocycles. The molecule has 6 nitrogen and oxygen atoms in total. The van der Waals surface area contributed by atoms with Crippen LogP contribution in [0.4, 0.5) is 0 Å². The number of rotatable bonds is 7. The molecule has 0 aromatic carbocycles. The molecule has 108 valence electrons. The van der Waals surface area contributed by atoms with Crippen LogP contribution in [0.3, 0.4) is 0 Å². The summed E-state index contributed by atoms with van der Waals surface area (Å²) in [4.78, 5) is 11.4. The molecule has 0 aliphatic carbocycles. The molecule has 0 N–H and O–H groups in total. The Morgan fingerprint density at radius 2 is 2.30 bits per heavy atom. The largest absolute Gasteiger partial charge is 0.469 e. The smallest absolute Gasteiger partial charge is 0.316 e. The molecule has 0 atom stereocenters. The van der Waals surface area contributed by atoms with E-state index in [9.17, 15) is 4.79 Å². The number of nitrogens with zero attached hydrogens (tertiary/aromatic N) is 2. The highest BCUT2D eigenvalue weighted by atomic mass is 32.2. The van der Waals surface area contributed by atoms with Crippen molar-refractivity contribution in [1.82, 2.24) is 10.2 Å². The topological polar surface area (TPSA) is 78.4 Å². The number of carbonyl (C=O) groups is 1. The van der Waals surface area contributed by atoms with Gasteiger partial charge in [0.25, 0.3) is 11.1 Å². The minimum atomic E-state index is -0.275. The quantitative estimate of drug-likeness (QED) is 0.441. The number of thioether (sulfide) groups is 1. The van der Waals surface area contributed by atoms with E-state index in [0.717, 1.165) is 18.4 Å². The number of aryl methyl sites for hydroxylation is 1. The molecule has 2 aromatic heterocycles. The van der Waals surface area contributed by atoms with Crippen molar-refractivity contribution in [2.45, 2.75) is 31.9 Å². The molecular formula is C13H16N2O4S. The second-order valence-electron chi connectivity index (χ2n) is 4.13. The summed E-state index contributed by atoms with van der Waals surface area (Å²) >= 11 is 1.17. The van der Waals surface area contributed by atoms with Gasteiger partial charge in [0, 0.05) is 0 Å². The lowest BCUT2D eigenvalue weighted by Gasteiger charge is -2.01. The third-order valence-corrected chi connectivity index (χ3v) is 3.36. The van der Waals surface area contributed by atoms with Crippen molar-refractivity contribution in [3.05, 3.63) is 18.1 Å². The maximum Gasteiger partial charge on any atom is 0.316 e. The number of unbranched alkanes of at least 4 members (excludes halogenated alkanes) is 1. The zero-order valence-electron chi connectivity index (χ0n) is 11.4. The van der Waals surface area contributed by atoms with Gasteiger partial charge in [-0.2, -0.15) is 0 Å². The number of aromatic nitrogens is 2. The summed E-state index contributed by atoms with van der Waals surface area (Å²) in [5.74, 6) is 0.986. The maximum absolute atomic E-state index is 11.4. The van der Waals surface area contributed by atoms with Gasteiger partial charge in [-0.05, 0) is 19.4 Å². The Morgan fingerprint density at radius 1 is 1.45 bits per heavy atom. The molecular weight excluding hydrogens is 280 g/mol. The minimum absolute atomic E-state index is 0.162. The molecule has 0 radical (unpaired) electrons. The Bertz CT molecular complexity index is 564. The van der Waals surface area contributed by atoms with Gasteiger partial charge in [-0.1, -0.05) is 25.1 Å². The third-order valence-electron chi connectivity index (χ3n) is 2.57. The number of esters is 1. The van der Waals surface area contributed by atoms with Crippen molar-refractivity contribution in [3.8, 4) is 11.5 Å². The lowest BCUT2D eigenvalue weighted by atomic mass is 10.3. The second-order valence-corrected chi connectivity index (χ2v) is 5.05. The number of carbonyl (C=O) groups excluding carboxylic acids is 1. The summed E-state index contributed by atoms with van der Waals surface area (Å²) in [7, 11) is 0. The van der Waals surface area contributed by atoms with E-state index in [-0.39, 0.29) is 11.7 Å². The number of ether oxygens (including phenoxy) is 1. The lowest BCUT2D eigenvalue weighted by Crippen LogP contribution is -2.08. The maximum atomic E-state index is 11.4. The molecule has 2 aromatic rings. The first-order valence-corrected chi connectivity index (χ1v) is 7.35. The van der Waals surface area contributed by atoms with E-state index in [2.05, 4.69) is 10.2 Å². The van der Waals surface area contributed by atoms with Gasteiger partial charge in [-0.25, -0.2) is 0 Å². The molecule has 7 heteroatoms. The van der Waals surface area contributed by atoms with Crippen molar-refractivity contribution >= 4 is 17.7 Å². The van der Waals surface area contributed by atoms with Crippen LogP contribution in [0.2, 0.25) is 0 Å². The first-order chi connectivity index (χ1) is 9.70. The fourth-order valence-corrected chi connectivity index (χ4v) is 2.04. The molecule has 0 aliphatic rings. The van der Waals surface area contributed by atoms with Gasteiger partial charge < -0.3 is 13.6 Å². The summed E-state index contributed by atoms with van der Waals surface area (Å²) in [6.07, 6.45) is 3.44. The summed E-state index contributed by atoms with van der Waals surface area (Å²) in [5.41, 5.74) is 0.759. The van der Waals surface area contributed by atoms with E-state index in [1.54, 1.807) is 12.3 Å². The first kappa shape index (κ1) is 14.6. The summed E-state index contributed by atoms with van der Waals surface area (Å²) in [5, 5.41) is 8.14. The van der Waals surface area contributed by atoms with E-state index in [4.69, 9.17) is 13.6 Å². The zero-order chi connectivity index (χ0) is 14.4. The predicted molar refractivity (Wildman–Crippen MR) is 73.3 cm³/mol. The highest BCUT2D eigenvalue weighted by molar-refractivity contribution is 7.99. The molecule has 0 aliphatic heterocycles. The predicted octanol–water partition coefficient (Wildman–Crippen LogP) is 3.07. The SMILES string of the molecule is CCCCOC(=O)CSc1nnc(-c2ccoc2C)o1. The van der Waals surface area contributed by atoms with Crippen LogP contribution in [0.15, 0.2) is 26.4 Å². The fraction of sp³-hybridized carbons (Fsp3) is 0.462. The van der Waals surface area contributed by atoms with Crippen molar-refractivity contribution in [1.29, 1.82) is 0 Å². The Hall–Kier alpha value is -1.76. The van der Waals surface area contributed by atoms with Gasteiger partial charge in [-0.15, -0.1) is 10.2 Å². The first-order valence-electron chi connectivity index (χ1n) is 6.37. The van der Waals surface area contributed by atoms with Crippen molar-refractivity contribution < 1.29 is 18.4 Å². The summed E-state index contributed by atoms with van der Waals surface area (Å²) in [6, 6.07) is 1.76. The van der Waals surface area contributed by atoms with Gasteiger partial charge in [0.1, 0.15) is 11.5 Å². The summed E-state index contributed by atoms with van der Waals surface area (Å²) < 4.78 is 15.7. The summed E-state index contributed by atoms with van der Waals surface area (Å²) in [6.45, 7) is 4.32. The molecule has 0 fully saturated rings. The zero-order valence-corrected chi connectivity index (χ0v) is 12.2. The number of furan rings is 1. The van der Waals surface area contributed by atoms with E-state index < -0.39 is 0 Å². The van der Waals surface area contributed by atoms with Gasteiger partial charge in [0.15, 0.2) is 0 Å². The molecule has 0 spiro atoms. The molecule has 0 amide bonds. The van der Waals surface area contributed by atoms with Crippen LogP contribution in [0, 0.1) is 6.92 Å². The molecule has 0 saturated heterocycles.